The third kappa shape index (κ3) is 49.5. The Kier molecular flexibility index (Phi) is 90.0. The van der Waals surface area contributed by atoms with Gasteiger partial charge in [0, 0.05) is 0 Å². The normalized spacial score (nSPS) is 5.92. The molecule has 0 aliphatic heterocycles. The summed E-state index contributed by atoms with van der Waals surface area (Å²) in [5.41, 5.74) is 0. The standard InChI is InChI=1S/FH2O4P.6Li.6H/c1-5-6(2,3)4;;;;;;;;;;;;/h(H2,2,3,4);;;;;;;;;;;;. The molecule has 0 fully saturated rings. The van der Waals surface area contributed by atoms with Gasteiger partial charge in [0.15, 0.2) is 0 Å². The van der Waals surface area contributed by atoms with Crippen LogP contribution in [0.4, 0.5) is 4.53 Å². The molecule has 0 aromatic carbocycles. The minimum atomic E-state index is -4.81. The molecule has 0 aliphatic carbocycles. The molecular formula is H8FLi6O4P. The van der Waals surface area contributed by atoms with Crippen molar-refractivity contribution in [1.29, 1.82) is 0 Å². The van der Waals surface area contributed by atoms with Gasteiger partial charge in [0.25, 0.3) is 0 Å². The van der Waals surface area contributed by atoms with Gasteiger partial charge in [-0.1, -0.05) is 4.73 Å². The molecule has 0 saturated heterocycles. The van der Waals surface area contributed by atoms with Crippen LogP contribution in [0.15, 0.2) is 0 Å². The minimum absolute atomic E-state index is 0. The van der Waals surface area contributed by atoms with E-state index in [1.807, 2.05) is 0 Å². The molecule has 0 saturated carbocycles. The van der Waals surface area contributed by atoms with Crippen LogP contribution in [-0.2, 0) is 9.29 Å². The van der Waals surface area contributed by atoms with Gasteiger partial charge in [-0.25, -0.2) is 4.57 Å². The molecule has 0 bridgehead atoms. The summed E-state index contributed by atoms with van der Waals surface area (Å²) in [6.45, 7) is 0. The number of rotatable bonds is 1. The van der Waals surface area contributed by atoms with Crippen molar-refractivity contribution < 1.29 is 23.6 Å². The molecule has 0 unspecified atom stereocenters. The van der Waals surface area contributed by atoms with Gasteiger partial charge in [-0.2, -0.15) is 0 Å². The molecular weight excluding hydrogens is 156 g/mol. The molecule has 0 aromatic heterocycles. The predicted molar refractivity (Wildman–Crippen MR) is 57.1 cm³/mol. The molecule has 50 valence electrons. The zero-order chi connectivity index (χ0) is 5.21. The van der Waals surface area contributed by atoms with Crippen LogP contribution >= 0.6 is 7.82 Å². The van der Waals surface area contributed by atoms with Crippen molar-refractivity contribution in [3.05, 3.63) is 0 Å². The van der Waals surface area contributed by atoms with Gasteiger partial charge in [0.05, 0.1) is 0 Å². The van der Waals surface area contributed by atoms with Crippen LogP contribution in [0.25, 0.3) is 0 Å². The zero-order valence-electron chi connectivity index (χ0n) is 2.54. The van der Waals surface area contributed by atoms with Crippen molar-refractivity contribution in [2.45, 2.75) is 0 Å². The van der Waals surface area contributed by atoms with Crippen molar-refractivity contribution in [2.24, 2.45) is 0 Å². The molecule has 12 heavy (non-hydrogen) atoms. The third-order valence-electron chi connectivity index (χ3n) is 0.0899. The van der Waals surface area contributed by atoms with E-state index >= 15 is 0 Å². The van der Waals surface area contributed by atoms with Crippen molar-refractivity contribution >= 4 is 121 Å². The van der Waals surface area contributed by atoms with Gasteiger partial charge in [-0.3, -0.25) is 0 Å². The molecule has 0 radical (unpaired) electrons. The average molecular weight is 164 g/mol. The predicted octanol–water partition coefficient (Wildman–Crippen LogP) is -3.91. The second kappa shape index (κ2) is 24.0. The molecule has 2 N–H and O–H groups in total. The SMILES string of the molecule is O=P(O)(O)OF.[LiH].[LiH].[LiH].[LiH].[LiH].[LiH]. The monoisotopic (exact) mass is 164 g/mol. The maximum atomic E-state index is 10.2. The van der Waals surface area contributed by atoms with Crippen molar-refractivity contribution in [3.63, 3.8) is 0 Å². The van der Waals surface area contributed by atoms with Crippen molar-refractivity contribution in [2.75, 3.05) is 0 Å². The summed E-state index contributed by atoms with van der Waals surface area (Å²) in [5.74, 6) is 0. The van der Waals surface area contributed by atoms with E-state index in [9.17, 15) is 4.53 Å². The van der Waals surface area contributed by atoms with Gasteiger partial charge >= 0.3 is 121 Å². The summed E-state index contributed by atoms with van der Waals surface area (Å²) in [6, 6.07) is 0. The fourth-order valence-corrected chi connectivity index (χ4v) is 0. The van der Waals surface area contributed by atoms with E-state index < -0.39 is 7.82 Å². The van der Waals surface area contributed by atoms with Crippen LogP contribution < -0.4 is 0 Å². The Bertz CT molecular complexity index is 83.6. The zero-order valence-corrected chi connectivity index (χ0v) is 3.43. The molecule has 12 heteroatoms. The van der Waals surface area contributed by atoms with Crippen LogP contribution in [-0.4, -0.2) is 123 Å². The Morgan fingerprint density at radius 3 is 1.00 bits per heavy atom. The van der Waals surface area contributed by atoms with Crippen LogP contribution in [0.3, 0.4) is 0 Å². The van der Waals surface area contributed by atoms with E-state index in [0.29, 0.717) is 0 Å². The van der Waals surface area contributed by atoms with Crippen LogP contribution in [0, 0.1) is 0 Å². The van der Waals surface area contributed by atoms with Crippen LogP contribution in [0.5, 0.6) is 0 Å². The number of hydrogen-bond donors (Lipinski definition) is 2. The van der Waals surface area contributed by atoms with Crippen molar-refractivity contribution in [1.82, 2.24) is 0 Å². The number of phosphoric acid groups is 1. The summed E-state index contributed by atoms with van der Waals surface area (Å²) in [6.07, 6.45) is 0. The molecule has 4 nitrogen and oxygen atoms in total. The van der Waals surface area contributed by atoms with Crippen LogP contribution in [0.2, 0.25) is 0 Å². The Hall–Kier alpha value is 3.62. The summed E-state index contributed by atoms with van der Waals surface area (Å²) in [4.78, 5) is 14.7. The third-order valence-corrected chi connectivity index (χ3v) is 0.270. The van der Waals surface area contributed by atoms with Gasteiger partial charge in [0.2, 0.25) is 0 Å². The molecule has 0 spiro atoms. The molecule has 0 aliphatic rings. The van der Waals surface area contributed by atoms with E-state index in [1.54, 1.807) is 0 Å². The summed E-state index contributed by atoms with van der Waals surface area (Å²) < 4.78 is 21.4. The van der Waals surface area contributed by atoms with E-state index in [2.05, 4.69) is 4.73 Å². The number of hydrogen-bond acceptors (Lipinski definition) is 2. The molecule has 0 atom stereocenters. The molecule has 0 amide bonds. The van der Waals surface area contributed by atoms with Crippen molar-refractivity contribution in [3.8, 4) is 0 Å². The Labute approximate surface area is 142 Å². The Balaban J connectivity index is -0.00000000833. The van der Waals surface area contributed by atoms with E-state index in [-0.39, 0.29) is 113 Å². The summed E-state index contributed by atoms with van der Waals surface area (Å²) >= 11 is 0. The van der Waals surface area contributed by atoms with Gasteiger partial charge in [-0.15, -0.1) is 0 Å². The van der Waals surface area contributed by atoms with Gasteiger partial charge in [0.1, 0.15) is 0 Å². The molecule has 0 heterocycles. The first-order chi connectivity index (χ1) is 2.56. The first-order valence-corrected chi connectivity index (χ1v) is 2.45. The Morgan fingerprint density at radius 1 is 0.917 bits per heavy atom. The second-order valence-corrected chi connectivity index (χ2v) is 1.68. The maximum absolute atomic E-state index is 10.2. The summed E-state index contributed by atoms with van der Waals surface area (Å²) in [7, 11) is -4.81. The van der Waals surface area contributed by atoms with Crippen LogP contribution in [0.1, 0.15) is 0 Å². The average Bonchev–Trinajstić information content (AvgIpc) is 1.35. The second-order valence-electron chi connectivity index (χ2n) is 0.560. The van der Waals surface area contributed by atoms with Gasteiger partial charge in [-0.05, 0) is 4.53 Å². The first kappa shape index (κ1) is 44.9. The fourth-order valence-electron chi connectivity index (χ4n) is 0. The van der Waals surface area contributed by atoms with E-state index in [0.717, 1.165) is 0 Å². The quantitative estimate of drug-likeness (QED) is 0.306. The van der Waals surface area contributed by atoms with E-state index in [4.69, 9.17) is 14.4 Å². The first-order valence-electron chi connectivity index (χ1n) is 0.919. The topological polar surface area (TPSA) is 66.8 Å². The molecule has 0 aromatic rings. The summed E-state index contributed by atoms with van der Waals surface area (Å²) in [5, 5.41) is 0. The molecule has 0 rings (SSSR count). The van der Waals surface area contributed by atoms with Gasteiger partial charge < -0.3 is 9.79 Å². The van der Waals surface area contributed by atoms with E-state index in [1.165, 1.54) is 0 Å². The fraction of sp³-hybridized carbons (Fsp3) is 0. The number of halogens is 1. The Morgan fingerprint density at radius 2 is 1.00 bits per heavy atom.